The van der Waals surface area contributed by atoms with Gasteiger partial charge in [0.15, 0.2) is 0 Å². The molecule has 10 heteroatoms. The number of nitrogens with zero attached hydrogens (tertiary/aromatic N) is 6. The van der Waals surface area contributed by atoms with Gasteiger partial charge in [0.05, 0.1) is 5.52 Å². The highest BCUT2D eigenvalue weighted by atomic mass is 19.1. The number of anilines is 2. The predicted molar refractivity (Wildman–Crippen MR) is 151 cm³/mol. The number of halogens is 1. The van der Waals surface area contributed by atoms with Gasteiger partial charge in [-0.25, -0.2) is 9.07 Å². The molecule has 1 unspecified atom stereocenters. The molecule has 0 bridgehead atoms. The highest BCUT2D eigenvalue weighted by Gasteiger charge is 2.32. The van der Waals surface area contributed by atoms with Crippen molar-refractivity contribution in [3.05, 3.63) is 114 Å². The smallest absolute Gasteiger partial charge is 0.251 e. The maximum Gasteiger partial charge on any atom is 0.251 e. The Morgan fingerprint density at radius 1 is 0.950 bits per heavy atom. The molecular formula is C30H28FN7O2. The highest BCUT2D eigenvalue weighted by molar-refractivity contribution is 5.98. The van der Waals surface area contributed by atoms with Gasteiger partial charge < -0.3 is 15.1 Å². The first kappa shape index (κ1) is 26.5. The molecule has 0 saturated carbocycles. The van der Waals surface area contributed by atoms with Crippen molar-refractivity contribution in [2.75, 3.05) is 24.3 Å². The summed E-state index contributed by atoms with van der Waals surface area (Å²) < 4.78 is 15.4. The number of aromatic nitrogens is 4. The molecule has 0 saturated heterocycles. The first-order valence-electron chi connectivity index (χ1n) is 12.7. The molecule has 9 nitrogen and oxygen atoms in total. The maximum absolute atomic E-state index is 14.0. The third-order valence-corrected chi connectivity index (χ3v) is 6.50. The van der Waals surface area contributed by atoms with Gasteiger partial charge in [-0.3, -0.25) is 14.6 Å². The van der Waals surface area contributed by atoms with Crippen molar-refractivity contribution in [1.29, 1.82) is 0 Å². The molecule has 2 aromatic heterocycles. The maximum atomic E-state index is 14.0. The highest BCUT2D eigenvalue weighted by Crippen LogP contribution is 2.27. The molecule has 0 aliphatic heterocycles. The second-order valence-electron chi connectivity index (χ2n) is 9.50. The third kappa shape index (κ3) is 5.96. The molecular weight excluding hydrogens is 509 g/mol. The molecule has 1 atom stereocenters. The van der Waals surface area contributed by atoms with Gasteiger partial charge in [0.25, 0.3) is 5.91 Å². The van der Waals surface area contributed by atoms with Crippen LogP contribution in [0, 0.1) is 5.82 Å². The first-order chi connectivity index (χ1) is 19.4. The minimum atomic E-state index is -1.07. The molecule has 202 valence electrons. The van der Waals surface area contributed by atoms with Crippen LogP contribution in [0.1, 0.15) is 17.2 Å². The quantitative estimate of drug-likeness (QED) is 0.299. The SMILES string of the molecule is CN(C)c1ccc(NC(=O)C(c2ccc(F)cc2)N(Cc2cccnc2)C(=O)Cn2nnc3ccccc32)cc1. The summed E-state index contributed by atoms with van der Waals surface area (Å²) in [4.78, 5) is 35.5. The van der Waals surface area contributed by atoms with Gasteiger partial charge in [-0.1, -0.05) is 35.5 Å². The largest absolute Gasteiger partial charge is 0.378 e. The Bertz CT molecular complexity index is 1600. The average Bonchev–Trinajstić information content (AvgIpc) is 3.37. The number of pyridine rings is 1. The molecule has 2 amide bonds. The third-order valence-electron chi connectivity index (χ3n) is 6.50. The zero-order valence-corrected chi connectivity index (χ0v) is 22.1. The number of para-hydroxylation sites is 1. The van der Waals surface area contributed by atoms with Gasteiger partial charge in [-0.05, 0) is 65.7 Å². The fourth-order valence-electron chi connectivity index (χ4n) is 4.44. The molecule has 0 radical (unpaired) electrons. The lowest BCUT2D eigenvalue weighted by Crippen LogP contribution is -2.42. The van der Waals surface area contributed by atoms with Gasteiger partial charge in [-0.2, -0.15) is 0 Å². The van der Waals surface area contributed by atoms with E-state index < -0.39 is 17.8 Å². The Labute approximate surface area is 230 Å². The van der Waals surface area contributed by atoms with Crippen LogP contribution in [0.5, 0.6) is 0 Å². The van der Waals surface area contributed by atoms with Crippen LogP contribution in [0.3, 0.4) is 0 Å². The lowest BCUT2D eigenvalue weighted by molar-refractivity contribution is -0.140. The molecule has 5 aromatic rings. The fourth-order valence-corrected chi connectivity index (χ4v) is 4.44. The van der Waals surface area contributed by atoms with Crippen LogP contribution < -0.4 is 10.2 Å². The summed E-state index contributed by atoms with van der Waals surface area (Å²) in [6.45, 7) is -0.0579. The van der Waals surface area contributed by atoms with Crippen LogP contribution in [0.2, 0.25) is 0 Å². The number of carbonyl (C=O) groups excluding carboxylic acids is 2. The summed E-state index contributed by atoms with van der Waals surface area (Å²) in [5.41, 5.74) is 4.09. The van der Waals surface area contributed by atoms with Crippen molar-refractivity contribution >= 4 is 34.2 Å². The van der Waals surface area contributed by atoms with Gasteiger partial charge in [0, 0.05) is 44.4 Å². The first-order valence-corrected chi connectivity index (χ1v) is 12.7. The van der Waals surface area contributed by atoms with Gasteiger partial charge in [0.1, 0.15) is 23.9 Å². The van der Waals surface area contributed by atoms with Crippen LogP contribution in [-0.4, -0.2) is 50.8 Å². The minimum absolute atomic E-state index is 0.0916. The zero-order chi connectivity index (χ0) is 28.1. The van der Waals surface area contributed by atoms with E-state index in [0.29, 0.717) is 22.3 Å². The standard InChI is InChI=1S/C30H28FN7O2/c1-36(2)25-15-13-24(14-16-25)33-30(40)29(22-9-11-23(31)12-10-22)37(19-21-6-5-17-32-18-21)28(39)20-38-27-8-4-3-7-26(27)34-35-38/h3-18,29H,19-20H2,1-2H3,(H,33,40). The zero-order valence-electron chi connectivity index (χ0n) is 22.1. The summed E-state index contributed by atoms with van der Waals surface area (Å²) in [5, 5.41) is 11.2. The molecule has 3 aromatic carbocycles. The van der Waals surface area contributed by atoms with Crippen LogP contribution in [0.25, 0.3) is 11.0 Å². The molecule has 0 aliphatic rings. The number of rotatable bonds is 9. The lowest BCUT2D eigenvalue weighted by Gasteiger charge is -2.31. The van der Waals surface area contributed by atoms with E-state index in [2.05, 4.69) is 20.6 Å². The number of fused-ring (bicyclic) bond motifs is 1. The normalized spacial score (nSPS) is 11.7. The summed E-state index contributed by atoms with van der Waals surface area (Å²) in [5.74, 6) is -1.25. The predicted octanol–water partition coefficient (Wildman–Crippen LogP) is 4.44. The van der Waals surface area contributed by atoms with Crippen LogP contribution >= 0.6 is 0 Å². The molecule has 0 spiro atoms. The molecule has 2 heterocycles. The van der Waals surface area contributed by atoms with E-state index in [-0.39, 0.29) is 19.0 Å². The lowest BCUT2D eigenvalue weighted by atomic mass is 10.0. The van der Waals surface area contributed by atoms with E-state index in [1.54, 1.807) is 30.6 Å². The molecule has 0 aliphatic carbocycles. The molecule has 5 rings (SSSR count). The van der Waals surface area contributed by atoms with Crippen LogP contribution in [0.15, 0.2) is 97.3 Å². The van der Waals surface area contributed by atoms with Gasteiger partial charge in [0.2, 0.25) is 5.91 Å². The van der Waals surface area contributed by atoms with E-state index in [0.717, 1.165) is 11.3 Å². The second kappa shape index (κ2) is 11.7. The summed E-state index contributed by atoms with van der Waals surface area (Å²) in [7, 11) is 3.86. The number of hydrogen-bond donors (Lipinski definition) is 1. The Morgan fingerprint density at radius 3 is 2.40 bits per heavy atom. The van der Waals surface area contributed by atoms with E-state index in [4.69, 9.17) is 0 Å². The van der Waals surface area contributed by atoms with Crippen LogP contribution in [-0.2, 0) is 22.7 Å². The van der Waals surface area contributed by atoms with Crippen molar-refractivity contribution < 1.29 is 14.0 Å². The van der Waals surface area contributed by atoms with Crippen molar-refractivity contribution in [2.24, 2.45) is 0 Å². The number of nitrogens with one attached hydrogen (secondary N) is 1. The molecule has 40 heavy (non-hydrogen) atoms. The monoisotopic (exact) mass is 537 g/mol. The van der Waals surface area contributed by atoms with E-state index in [1.165, 1.54) is 33.8 Å². The Hall–Kier alpha value is -5.12. The summed E-state index contributed by atoms with van der Waals surface area (Å²) in [6.07, 6.45) is 3.28. The fraction of sp³-hybridized carbons (Fsp3) is 0.167. The van der Waals surface area contributed by atoms with Crippen LogP contribution in [0.4, 0.5) is 15.8 Å². The van der Waals surface area contributed by atoms with E-state index >= 15 is 0 Å². The molecule has 0 fully saturated rings. The number of amides is 2. The minimum Gasteiger partial charge on any atom is -0.378 e. The Balaban J connectivity index is 1.52. The van der Waals surface area contributed by atoms with Crippen molar-refractivity contribution in [2.45, 2.75) is 19.1 Å². The summed E-state index contributed by atoms with van der Waals surface area (Å²) >= 11 is 0. The van der Waals surface area contributed by atoms with Crippen molar-refractivity contribution in [3.63, 3.8) is 0 Å². The Morgan fingerprint density at radius 2 is 1.70 bits per heavy atom. The Kier molecular flexibility index (Phi) is 7.77. The van der Waals surface area contributed by atoms with Crippen molar-refractivity contribution in [1.82, 2.24) is 24.9 Å². The van der Waals surface area contributed by atoms with Crippen molar-refractivity contribution in [3.8, 4) is 0 Å². The van der Waals surface area contributed by atoms with Gasteiger partial charge >= 0.3 is 0 Å². The number of carbonyl (C=O) groups is 2. The van der Waals surface area contributed by atoms with Gasteiger partial charge in [-0.15, -0.1) is 5.10 Å². The number of hydrogen-bond acceptors (Lipinski definition) is 6. The average molecular weight is 538 g/mol. The summed E-state index contributed by atoms with van der Waals surface area (Å²) in [6, 6.07) is 22.8. The molecule has 1 N–H and O–H groups in total. The van der Waals surface area contributed by atoms with E-state index in [1.807, 2.05) is 61.5 Å². The topological polar surface area (TPSA) is 96.2 Å². The number of benzene rings is 3. The second-order valence-corrected chi connectivity index (χ2v) is 9.50. The van der Waals surface area contributed by atoms with E-state index in [9.17, 15) is 14.0 Å².